The Morgan fingerprint density at radius 1 is 1.11 bits per heavy atom. The van der Waals surface area contributed by atoms with Gasteiger partial charge in [0.1, 0.15) is 0 Å². The molecular formula is C14H17BrF3N. The standard InChI is InChI=1S/C14H17BrF3N/c1-12(2)11(13(12,3)4)19-10-6-5-8(7-9(10)15)14(16,17)18/h5-7,11,19H,1-4H3. The molecule has 2 rings (SSSR count). The quantitative estimate of drug-likeness (QED) is 0.771. The van der Waals surface area contributed by atoms with Crippen molar-refractivity contribution in [1.29, 1.82) is 0 Å². The molecule has 1 nitrogen and oxygen atoms in total. The number of rotatable bonds is 2. The van der Waals surface area contributed by atoms with E-state index in [1.165, 1.54) is 6.07 Å². The predicted molar refractivity (Wildman–Crippen MR) is 74.1 cm³/mol. The third-order valence-corrected chi connectivity index (χ3v) is 5.27. The zero-order valence-electron chi connectivity index (χ0n) is 11.3. The molecule has 0 radical (unpaired) electrons. The van der Waals surface area contributed by atoms with Crippen molar-refractivity contribution in [2.24, 2.45) is 10.8 Å². The Kier molecular flexibility index (Phi) is 3.20. The number of hydrogen-bond donors (Lipinski definition) is 1. The fourth-order valence-electron chi connectivity index (χ4n) is 2.52. The first-order valence-electron chi connectivity index (χ1n) is 6.11. The summed E-state index contributed by atoms with van der Waals surface area (Å²) in [6.45, 7) is 8.62. The molecule has 0 unspecified atom stereocenters. The van der Waals surface area contributed by atoms with Crippen molar-refractivity contribution >= 4 is 21.6 Å². The molecule has 1 aliphatic rings. The second kappa shape index (κ2) is 4.14. The second-order valence-electron chi connectivity index (χ2n) is 6.21. The molecule has 1 N–H and O–H groups in total. The van der Waals surface area contributed by atoms with Crippen LogP contribution in [0.4, 0.5) is 18.9 Å². The zero-order valence-corrected chi connectivity index (χ0v) is 12.9. The summed E-state index contributed by atoms with van der Waals surface area (Å²) in [6, 6.07) is 3.96. The Bertz CT molecular complexity index is 492. The minimum absolute atomic E-state index is 0.134. The number of halogens is 4. The van der Waals surface area contributed by atoms with Crippen molar-refractivity contribution in [3.63, 3.8) is 0 Å². The fourth-order valence-corrected chi connectivity index (χ4v) is 3.01. The van der Waals surface area contributed by atoms with Crippen LogP contribution < -0.4 is 5.32 Å². The predicted octanol–water partition coefficient (Wildman–Crippen LogP) is 5.31. The molecule has 106 valence electrons. The average molecular weight is 336 g/mol. The van der Waals surface area contributed by atoms with Gasteiger partial charge in [0.2, 0.25) is 0 Å². The lowest BCUT2D eigenvalue weighted by Crippen LogP contribution is -2.11. The summed E-state index contributed by atoms with van der Waals surface area (Å²) in [5, 5.41) is 3.33. The number of hydrogen-bond acceptors (Lipinski definition) is 1. The molecule has 0 saturated heterocycles. The number of anilines is 1. The van der Waals surface area contributed by atoms with Gasteiger partial charge >= 0.3 is 6.18 Å². The molecule has 0 bridgehead atoms. The average Bonchev–Trinajstić information content (AvgIpc) is 2.61. The molecule has 1 aromatic rings. The van der Waals surface area contributed by atoms with Gasteiger partial charge in [0, 0.05) is 16.2 Å². The van der Waals surface area contributed by atoms with E-state index in [1.807, 2.05) is 0 Å². The highest BCUT2D eigenvalue weighted by Gasteiger charge is 2.65. The Hall–Kier alpha value is -0.710. The van der Waals surface area contributed by atoms with Crippen LogP contribution in [0.2, 0.25) is 0 Å². The molecule has 1 aliphatic carbocycles. The number of nitrogens with one attached hydrogen (secondary N) is 1. The molecule has 1 aromatic carbocycles. The van der Waals surface area contributed by atoms with Crippen LogP contribution in [-0.2, 0) is 6.18 Å². The molecule has 1 fully saturated rings. The molecule has 0 heterocycles. The zero-order chi connectivity index (χ0) is 14.6. The van der Waals surface area contributed by atoms with Crippen LogP contribution in [0.1, 0.15) is 33.3 Å². The van der Waals surface area contributed by atoms with E-state index in [0.717, 1.165) is 12.1 Å². The van der Waals surface area contributed by atoms with Crippen molar-refractivity contribution in [3.05, 3.63) is 28.2 Å². The first-order valence-corrected chi connectivity index (χ1v) is 6.90. The molecule has 0 amide bonds. The maximum atomic E-state index is 12.6. The third kappa shape index (κ3) is 2.37. The smallest absolute Gasteiger partial charge is 0.380 e. The van der Waals surface area contributed by atoms with Gasteiger partial charge in [-0.15, -0.1) is 0 Å². The van der Waals surface area contributed by atoms with Gasteiger partial charge in [0.15, 0.2) is 0 Å². The molecule has 0 spiro atoms. The van der Waals surface area contributed by atoms with Gasteiger partial charge < -0.3 is 5.32 Å². The van der Waals surface area contributed by atoms with E-state index in [2.05, 4.69) is 48.9 Å². The van der Waals surface area contributed by atoms with Crippen LogP contribution in [-0.4, -0.2) is 6.04 Å². The molecule has 0 atom stereocenters. The van der Waals surface area contributed by atoms with Crippen LogP contribution in [0.25, 0.3) is 0 Å². The topological polar surface area (TPSA) is 12.0 Å². The lowest BCUT2D eigenvalue weighted by Gasteiger charge is -2.13. The van der Waals surface area contributed by atoms with Crippen molar-refractivity contribution < 1.29 is 13.2 Å². The van der Waals surface area contributed by atoms with E-state index in [1.54, 1.807) is 0 Å². The Morgan fingerprint density at radius 3 is 2.00 bits per heavy atom. The normalized spacial score (nSPS) is 21.3. The SMILES string of the molecule is CC1(C)C(Nc2ccc(C(F)(F)F)cc2Br)C1(C)C. The van der Waals surface area contributed by atoms with E-state index >= 15 is 0 Å². The molecule has 0 aromatic heterocycles. The maximum Gasteiger partial charge on any atom is 0.416 e. The van der Waals surface area contributed by atoms with E-state index < -0.39 is 11.7 Å². The van der Waals surface area contributed by atoms with Crippen molar-refractivity contribution in [2.45, 2.75) is 39.9 Å². The summed E-state index contributed by atoms with van der Waals surface area (Å²) >= 11 is 3.21. The van der Waals surface area contributed by atoms with Crippen molar-refractivity contribution in [3.8, 4) is 0 Å². The molecule has 5 heteroatoms. The molecule has 0 aliphatic heterocycles. The highest BCUT2D eigenvalue weighted by atomic mass is 79.9. The Labute approximate surface area is 119 Å². The van der Waals surface area contributed by atoms with Gasteiger partial charge in [-0.3, -0.25) is 0 Å². The van der Waals surface area contributed by atoms with E-state index in [9.17, 15) is 13.2 Å². The molecular weight excluding hydrogens is 319 g/mol. The summed E-state index contributed by atoms with van der Waals surface area (Å²) in [4.78, 5) is 0. The van der Waals surface area contributed by atoms with E-state index in [0.29, 0.717) is 10.2 Å². The maximum absolute atomic E-state index is 12.6. The van der Waals surface area contributed by atoms with Crippen molar-refractivity contribution in [2.75, 3.05) is 5.32 Å². The summed E-state index contributed by atoms with van der Waals surface area (Å²) in [5.74, 6) is 0. The van der Waals surface area contributed by atoms with Gasteiger partial charge in [-0.2, -0.15) is 13.2 Å². The van der Waals surface area contributed by atoms with Crippen LogP contribution in [0.5, 0.6) is 0 Å². The Morgan fingerprint density at radius 2 is 1.63 bits per heavy atom. The van der Waals surface area contributed by atoms with Crippen LogP contribution in [0, 0.1) is 10.8 Å². The highest BCUT2D eigenvalue weighted by molar-refractivity contribution is 9.10. The lowest BCUT2D eigenvalue weighted by molar-refractivity contribution is -0.137. The molecule has 19 heavy (non-hydrogen) atoms. The van der Waals surface area contributed by atoms with Crippen LogP contribution >= 0.6 is 15.9 Å². The highest BCUT2D eigenvalue weighted by Crippen LogP contribution is 2.64. The van der Waals surface area contributed by atoms with E-state index in [4.69, 9.17) is 0 Å². The fraction of sp³-hybridized carbons (Fsp3) is 0.571. The first kappa shape index (κ1) is 14.7. The van der Waals surface area contributed by atoms with Gasteiger partial charge in [0.25, 0.3) is 0 Å². The first-order chi connectivity index (χ1) is 8.48. The lowest BCUT2D eigenvalue weighted by atomic mass is 10.0. The third-order valence-electron chi connectivity index (χ3n) is 4.62. The van der Waals surface area contributed by atoms with E-state index in [-0.39, 0.29) is 16.9 Å². The minimum atomic E-state index is -4.31. The number of benzene rings is 1. The minimum Gasteiger partial charge on any atom is -0.380 e. The Balaban J connectivity index is 2.21. The second-order valence-corrected chi connectivity index (χ2v) is 7.07. The summed E-state index contributed by atoms with van der Waals surface area (Å²) < 4.78 is 38.2. The van der Waals surface area contributed by atoms with Gasteiger partial charge in [-0.25, -0.2) is 0 Å². The summed E-state index contributed by atoms with van der Waals surface area (Å²) in [6.07, 6.45) is -4.31. The van der Waals surface area contributed by atoms with Crippen LogP contribution in [0.3, 0.4) is 0 Å². The number of alkyl halides is 3. The van der Waals surface area contributed by atoms with Gasteiger partial charge in [-0.05, 0) is 45.0 Å². The monoisotopic (exact) mass is 335 g/mol. The van der Waals surface area contributed by atoms with Gasteiger partial charge in [-0.1, -0.05) is 27.7 Å². The largest absolute Gasteiger partial charge is 0.416 e. The molecule has 1 saturated carbocycles. The summed E-state index contributed by atoms with van der Waals surface area (Å²) in [5.41, 5.74) is 0.334. The van der Waals surface area contributed by atoms with Gasteiger partial charge in [0.05, 0.1) is 5.56 Å². The summed E-state index contributed by atoms with van der Waals surface area (Å²) in [7, 11) is 0. The van der Waals surface area contributed by atoms with Crippen molar-refractivity contribution in [1.82, 2.24) is 0 Å². The van der Waals surface area contributed by atoms with Crippen LogP contribution in [0.15, 0.2) is 22.7 Å².